The van der Waals surface area contributed by atoms with E-state index in [0.29, 0.717) is 17.1 Å². The Kier molecular flexibility index (Phi) is 2.68. The maximum Gasteiger partial charge on any atom is 0.325 e. The van der Waals surface area contributed by atoms with Gasteiger partial charge in [-0.15, -0.1) is 9.35 Å². The SMILES string of the molecule is O=C1C2=CCCCC2C(=O)N1OS(=O)O. The molecular weight excluding hydrogens is 222 g/mol. The number of allylic oxidation sites excluding steroid dienone is 1. The Bertz CT molecular complexity index is 377. The molecule has 2 rings (SSSR count). The van der Waals surface area contributed by atoms with Crippen molar-refractivity contribution < 1.29 is 22.6 Å². The van der Waals surface area contributed by atoms with Crippen molar-refractivity contribution in [2.24, 2.45) is 5.92 Å². The van der Waals surface area contributed by atoms with Crippen LogP contribution in [0.3, 0.4) is 0 Å². The summed E-state index contributed by atoms with van der Waals surface area (Å²) in [5.41, 5.74) is 0.386. The molecule has 1 fully saturated rings. The van der Waals surface area contributed by atoms with Gasteiger partial charge in [0, 0.05) is 5.57 Å². The van der Waals surface area contributed by atoms with Crippen LogP contribution in [-0.4, -0.2) is 25.6 Å². The molecule has 1 aliphatic carbocycles. The van der Waals surface area contributed by atoms with Gasteiger partial charge >= 0.3 is 11.4 Å². The lowest BCUT2D eigenvalue weighted by atomic mass is 9.90. The zero-order valence-corrected chi connectivity index (χ0v) is 8.53. The van der Waals surface area contributed by atoms with Crippen LogP contribution in [0.2, 0.25) is 0 Å². The van der Waals surface area contributed by atoms with Crippen molar-refractivity contribution >= 4 is 23.2 Å². The fraction of sp³-hybridized carbons (Fsp3) is 0.500. The van der Waals surface area contributed by atoms with Crippen LogP contribution >= 0.6 is 0 Å². The first-order valence-electron chi connectivity index (χ1n) is 4.49. The highest BCUT2D eigenvalue weighted by molar-refractivity contribution is 7.74. The monoisotopic (exact) mass is 231 g/mol. The molecule has 6 nitrogen and oxygen atoms in total. The van der Waals surface area contributed by atoms with Gasteiger partial charge in [0.05, 0.1) is 5.92 Å². The van der Waals surface area contributed by atoms with E-state index in [-0.39, 0.29) is 0 Å². The Morgan fingerprint density at radius 2 is 2.27 bits per heavy atom. The van der Waals surface area contributed by atoms with Gasteiger partial charge in [-0.2, -0.15) is 4.21 Å². The predicted octanol–water partition coefficient (Wildman–Crippen LogP) is 0.150. The van der Waals surface area contributed by atoms with Gasteiger partial charge < -0.3 is 0 Å². The van der Waals surface area contributed by atoms with Crippen LogP contribution in [0.25, 0.3) is 0 Å². The van der Waals surface area contributed by atoms with Gasteiger partial charge in [0.25, 0.3) is 11.8 Å². The molecule has 0 radical (unpaired) electrons. The molecule has 0 bridgehead atoms. The fourth-order valence-corrected chi connectivity index (χ4v) is 2.13. The van der Waals surface area contributed by atoms with Crippen molar-refractivity contribution in [1.29, 1.82) is 0 Å². The van der Waals surface area contributed by atoms with E-state index in [1.165, 1.54) is 0 Å². The van der Waals surface area contributed by atoms with Crippen LogP contribution in [0.5, 0.6) is 0 Å². The zero-order valence-electron chi connectivity index (χ0n) is 7.71. The van der Waals surface area contributed by atoms with Gasteiger partial charge in [0.15, 0.2) is 0 Å². The lowest BCUT2D eigenvalue weighted by Gasteiger charge is -2.11. The summed E-state index contributed by atoms with van der Waals surface area (Å²) in [6.45, 7) is 0. The van der Waals surface area contributed by atoms with Crippen molar-refractivity contribution in [2.75, 3.05) is 0 Å². The third-order valence-electron chi connectivity index (χ3n) is 2.50. The minimum absolute atomic E-state index is 0.386. The van der Waals surface area contributed by atoms with Crippen LogP contribution in [0, 0.1) is 5.92 Å². The molecule has 15 heavy (non-hydrogen) atoms. The van der Waals surface area contributed by atoms with Crippen molar-refractivity contribution in [2.45, 2.75) is 19.3 Å². The van der Waals surface area contributed by atoms with Crippen LogP contribution in [0.1, 0.15) is 19.3 Å². The molecule has 1 aliphatic heterocycles. The van der Waals surface area contributed by atoms with E-state index in [2.05, 4.69) is 4.28 Å². The molecule has 0 aromatic rings. The molecule has 1 saturated heterocycles. The fourth-order valence-electron chi connectivity index (χ4n) is 1.86. The maximum absolute atomic E-state index is 11.6. The van der Waals surface area contributed by atoms with E-state index >= 15 is 0 Å². The second kappa shape index (κ2) is 3.84. The van der Waals surface area contributed by atoms with Gasteiger partial charge in [-0.05, 0) is 19.3 Å². The Labute approximate surface area is 88.3 Å². The average molecular weight is 231 g/mol. The number of hydroxylamine groups is 2. The van der Waals surface area contributed by atoms with Crippen LogP contribution < -0.4 is 0 Å². The van der Waals surface area contributed by atoms with E-state index in [4.69, 9.17) is 4.55 Å². The molecule has 0 aromatic heterocycles. The topological polar surface area (TPSA) is 83.9 Å². The van der Waals surface area contributed by atoms with Gasteiger partial charge in [0.2, 0.25) is 0 Å². The van der Waals surface area contributed by atoms with Gasteiger partial charge in [-0.3, -0.25) is 14.1 Å². The summed E-state index contributed by atoms with van der Waals surface area (Å²) in [6.07, 6.45) is 3.87. The molecule has 82 valence electrons. The normalized spacial score (nSPS) is 27.7. The standard InChI is InChI=1S/C8H9NO5S/c10-7-5-3-1-2-4-6(5)8(11)9(7)14-15(12)13/h3,6H,1-2,4H2,(H,12,13). The van der Waals surface area contributed by atoms with Crippen LogP contribution in [-0.2, 0) is 25.2 Å². The summed E-state index contributed by atoms with van der Waals surface area (Å²) in [4.78, 5) is 23.1. The van der Waals surface area contributed by atoms with Crippen molar-refractivity contribution in [1.82, 2.24) is 5.06 Å². The third-order valence-corrected chi connectivity index (χ3v) is 2.78. The van der Waals surface area contributed by atoms with Gasteiger partial charge in [-0.1, -0.05) is 6.08 Å². The lowest BCUT2D eigenvalue weighted by Crippen LogP contribution is -2.31. The van der Waals surface area contributed by atoms with Gasteiger partial charge in [-0.25, -0.2) is 0 Å². The first kappa shape index (κ1) is 10.5. The summed E-state index contributed by atoms with van der Waals surface area (Å²) in [7, 11) is 0. The highest BCUT2D eigenvalue weighted by atomic mass is 32.2. The molecule has 2 amide bonds. The Morgan fingerprint density at radius 1 is 1.53 bits per heavy atom. The second-order valence-corrected chi connectivity index (χ2v) is 3.96. The van der Waals surface area contributed by atoms with Gasteiger partial charge in [0.1, 0.15) is 0 Å². The molecule has 1 N–H and O–H groups in total. The van der Waals surface area contributed by atoms with Crippen LogP contribution in [0.15, 0.2) is 11.6 Å². The molecule has 2 aliphatic rings. The summed E-state index contributed by atoms with van der Waals surface area (Å²) >= 11 is -2.65. The summed E-state index contributed by atoms with van der Waals surface area (Å²) in [6, 6.07) is 0. The number of rotatable bonds is 2. The Balaban J connectivity index is 2.26. The van der Waals surface area contributed by atoms with E-state index in [1.807, 2.05) is 0 Å². The number of nitrogens with zero attached hydrogens (tertiary/aromatic N) is 1. The molecule has 2 atom stereocenters. The number of fused-ring (bicyclic) bond motifs is 1. The van der Waals surface area contributed by atoms with Crippen molar-refractivity contribution in [3.63, 3.8) is 0 Å². The number of amides is 2. The Morgan fingerprint density at radius 3 is 2.87 bits per heavy atom. The Hall–Kier alpha value is -1.05. The number of hydrogen-bond donors (Lipinski definition) is 1. The molecule has 0 aromatic carbocycles. The van der Waals surface area contributed by atoms with E-state index in [0.717, 1.165) is 12.8 Å². The first-order chi connectivity index (χ1) is 7.11. The maximum atomic E-state index is 11.6. The zero-order chi connectivity index (χ0) is 11.0. The highest BCUT2D eigenvalue weighted by Gasteiger charge is 2.45. The van der Waals surface area contributed by atoms with Crippen molar-refractivity contribution in [3.8, 4) is 0 Å². The minimum atomic E-state index is -2.65. The van der Waals surface area contributed by atoms with E-state index < -0.39 is 29.1 Å². The van der Waals surface area contributed by atoms with E-state index in [9.17, 15) is 13.8 Å². The number of carbonyl (C=O) groups excluding carboxylic acids is 2. The second-order valence-electron chi connectivity index (χ2n) is 3.37. The molecule has 0 saturated carbocycles. The largest absolute Gasteiger partial charge is 0.325 e. The number of imide groups is 1. The first-order valence-corrected chi connectivity index (χ1v) is 5.52. The van der Waals surface area contributed by atoms with Crippen LogP contribution in [0.4, 0.5) is 0 Å². The summed E-state index contributed by atoms with van der Waals surface area (Å²) in [5, 5.41) is 0.387. The molecule has 7 heteroatoms. The summed E-state index contributed by atoms with van der Waals surface area (Å²) in [5.74, 6) is -1.66. The molecule has 2 unspecified atom stereocenters. The van der Waals surface area contributed by atoms with E-state index in [1.54, 1.807) is 6.08 Å². The highest BCUT2D eigenvalue weighted by Crippen LogP contribution is 2.33. The smallest absolute Gasteiger partial charge is 0.282 e. The summed E-state index contributed by atoms with van der Waals surface area (Å²) < 4.78 is 23.1. The molecular formula is C8H9NO5S. The number of carbonyl (C=O) groups is 2. The third kappa shape index (κ3) is 1.73. The van der Waals surface area contributed by atoms with Crippen molar-refractivity contribution in [3.05, 3.63) is 11.6 Å². The average Bonchev–Trinajstić information content (AvgIpc) is 2.44. The predicted molar refractivity (Wildman–Crippen MR) is 49.1 cm³/mol. The molecule has 0 spiro atoms. The quantitative estimate of drug-likeness (QED) is 0.540. The number of hydrogen-bond acceptors (Lipinski definition) is 4. The molecule has 1 heterocycles. The lowest BCUT2D eigenvalue weighted by molar-refractivity contribution is -0.164. The minimum Gasteiger partial charge on any atom is -0.282 e.